The van der Waals surface area contributed by atoms with Crippen molar-refractivity contribution in [3.8, 4) is 0 Å². The second-order valence-electron chi connectivity index (χ2n) is 6.78. The van der Waals surface area contributed by atoms with E-state index in [1.165, 1.54) is 35.6 Å². The second kappa shape index (κ2) is 8.63. The number of thiazole rings is 1. The monoisotopic (exact) mass is 471 g/mol. The van der Waals surface area contributed by atoms with E-state index in [0.29, 0.717) is 5.01 Å². The first-order chi connectivity index (χ1) is 15.3. The first-order valence-corrected chi connectivity index (χ1v) is 11.6. The summed E-state index contributed by atoms with van der Waals surface area (Å²) in [4.78, 5) is 29.1. The molecule has 4 rings (SSSR count). The van der Waals surface area contributed by atoms with Crippen LogP contribution in [0.2, 0.25) is 0 Å². The van der Waals surface area contributed by atoms with Crippen LogP contribution in [0.5, 0.6) is 0 Å². The third-order valence-corrected chi connectivity index (χ3v) is 6.53. The molecule has 0 atom stereocenters. The number of rotatable bonds is 7. The fourth-order valence-corrected chi connectivity index (χ4v) is 4.74. The molecule has 2 heterocycles. The molecule has 1 aliphatic rings. The van der Waals surface area contributed by atoms with Gasteiger partial charge >= 0.3 is 0 Å². The van der Waals surface area contributed by atoms with E-state index >= 15 is 0 Å². The summed E-state index contributed by atoms with van der Waals surface area (Å²) < 4.78 is 34.6. The number of aliphatic hydroxyl groups is 1. The summed E-state index contributed by atoms with van der Waals surface area (Å²) in [5.41, 5.74) is 1.17. The number of amides is 2. The van der Waals surface area contributed by atoms with Gasteiger partial charge in [-0.3, -0.25) is 19.0 Å². The van der Waals surface area contributed by atoms with Gasteiger partial charge in [-0.15, -0.1) is 11.3 Å². The Kier molecular flexibility index (Phi) is 5.89. The number of hydrogen-bond acceptors (Lipinski definition) is 8. The molecule has 0 bridgehead atoms. The largest absolute Gasteiger partial charge is 0.395 e. The summed E-state index contributed by atoms with van der Waals surface area (Å²) in [6, 6.07) is 11.7. The standard InChI is InChI=1S/C21H17N3O6S2/c25-10-9-24-20(26)12-16(21(24)27)22-14-7-5-13(18(11-14)32(28,29)30)6-8-19-23-15-3-1-2-4-17(15)31-19/h1-8,11-12,22,25H,9-10H2,(H,28,29,30). The van der Waals surface area contributed by atoms with Crippen LogP contribution in [-0.4, -0.2) is 52.9 Å². The maximum absolute atomic E-state index is 12.3. The van der Waals surface area contributed by atoms with Crippen LogP contribution in [0.1, 0.15) is 10.6 Å². The van der Waals surface area contributed by atoms with Gasteiger partial charge in [-0.2, -0.15) is 8.42 Å². The third kappa shape index (κ3) is 4.46. The summed E-state index contributed by atoms with van der Waals surface area (Å²) in [5.74, 6) is -1.23. The Morgan fingerprint density at radius 3 is 2.62 bits per heavy atom. The molecule has 0 radical (unpaired) electrons. The Balaban J connectivity index is 1.62. The van der Waals surface area contributed by atoms with Crippen LogP contribution in [0, 0.1) is 0 Å². The highest BCUT2D eigenvalue weighted by molar-refractivity contribution is 7.86. The van der Waals surface area contributed by atoms with E-state index in [9.17, 15) is 22.6 Å². The second-order valence-corrected chi connectivity index (χ2v) is 9.23. The molecule has 2 aromatic carbocycles. The average molecular weight is 472 g/mol. The van der Waals surface area contributed by atoms with Crippen LogP contribution in [0.3, 0.4) is 0 Å². The Labute approximate surface area is 187 Å². The lowest BCUT2D eigenvalue weighted by Gasteiger charge is -2.14. The topological polar surface area (TPSA) is 137 Å². The molecule has 9 nitrogen and oxygen atoms in total. The molecule has 2 amide bonds. The van der Waals surface area contributed by atoms with Gasteiger partial charge in [-0.1, -0.05) is 24.3 Å². The molecule has 0 saturated heterocycles. The Hall–Kier alpha value is -3.38. The lowest BCUT2D eigenvalue weighted by molar-refractivity contribution is -0.137. The number of aliphatic hydroxyl groups excluding tert-OH is 1. The predicted octanol–water partition coefficient (Wildman–Crippen LogP) is 2.37. The van der Waals surface area contributed by atoms with E-state index in [0.717, 1.165) is 21.2 Å². The predicted molar refractivity (Wildman–Crippen MR) is 120 cm³/mol. The molecule has 1 aromatic heterocycles. The minimum atomic E-state index is -4.59. The normalized spacial score (nSPS) is 14.6. The number of carbonyl (C=O) groups is 2. The third-order valence-electron chi connectivity index (χ3n) is 4.62. The molecular weight excluding hydrogens is 454 g/mol. The number of aromatic nitrogens is 1. The minimum absolute atomic E-state index is 0.0671. The number of anilines is 1. The molecule has 1 aliphatic heterocycles. The zero-order valence-corrected chi connectivity index (χ0v) is 18.1. The smallest absolute Gasteiger partial charge is 0.295 e. The highest BCUT2D eigenvalue weighted by atomic mass is 32.2. The van der Waals surface area contributed by atoms with E-state index in [2.05, 4.69) is 10.3 Å². The van der Waals surface area contributed by atoms with Gasteiger partial charge in [0.05, 0.1) is 23.4 Å². The molecule has 0 aliphatic carbocycles. The molecule has 0 unspecified atom stereocenters. The van der Waals surface area contributed by atoms with Crippen LogP contribution in [0.15, 0.2) is 59.1 Å². The molecule has 164 valence electrons. The quantitative estimate of drug-likeness (QED) is 0.353. The zero-order chi connectivity index (χ0) is 22.9. The number of fused-ring (bicyclic) bond motifs is 1. The van der Waals surface area contributed by atoms with Gasteiger partial charge in [0.1, 0.15) is 15.6 Å². The fourth-order valence-electron chi connectivity index (χ4n) is 3.16. The van der Waals surface area contributed by atoms with Crippen molar-refractivity contribution >= 4 is 61.3 Å². The lowest BCUT2D eigenvalue weighted by atomic mass is 10.2. The van der Waals surface area contributed by atoms with Gasteiger partial charge < -0.3 is 10.4 Å². The zero-order valence-electron chi connectivity index (χ0n) is 16.4. The molecule has 0 spiro atoms. The molecule has 0 fully saturated rings. The van der Waals surface area contributed by atoms with Crippen molar-refractivity contribution < 1.29 is 27.7 Å². The van der Waals surface area contributed by atoms with Crippen molar-refractivity contribution in [3.05, 3.63) is 64.8 Å². The van der Waals surface area contributed by atoms with Crippen molar-refractivity contribution in [2.75, 3.05) is 18.5 Å². The first kappa shape index (κ1) is 21.8. The number of imide groups is 1. The van der Waals surface area contributed by atoms with E-state index in [-0.39, 0.29) is 35.0 Å². The number of nitrogens with zero attached hydrogens (tertiary/aromatic N) is 2. The van der Waals surface area contributed by atoms with E-state index < -0.39 is 21.9 Å². The Morgan fingerprint density at radius 2 is 1.91 bits per heavy atom. The Bertz CT molecular complexity index is 1360. The molecule has 11 heteroatoms. The Morgan fingerprint density at radius 1 is 1.12 bits per heavy atom. The number of hydrogen-bond donors (Lipinski definition) is 3. The van der Waals surface area contributed by atoms with Gasteiger partial charge in [-0.05, 0) is 35.9 Å². The van der Waals surface area contributed by atoms with Crippen LogP contribution in [0.25, 0.3) is 22.4 Å². The van der Waals surface area contributed by atoms with Crippen molar-refractivity contribution in [2.24, 2.45) is 0 Å². The van der Waals surface area contributed by atoms with Crippen molar-refractivity contribution in [2.45, 2.75) is 4.90 Å². The summed E-state index contributed by atoms with van der Waals surface area (Å²) in [6.07, 6.45) is 4.24. The van der Waals surface area contributed by atoms with Crippen LogP contribution in [-0.2, 0) is 19.7 Å². The molecule has 3 N–H and O–H groups in total. The van der Waals surface area contributed by atoms with Crippen molar-refractivity contribution in [3.63, 3.8) is 0 Å². The van der Waals surface area contributed by atoms with Gasteiger partial charge in [0.15, 0.2) is 0 Å². The van der Waals surface area contributed by atoms with Crippen molar-refractivity contribution in [1.82, 2.24) is 9.88 Å². The molecule has 0 saturated carbocycles. The summed E-state index contributed by atoms with van der Waals surface area (Å²) in [6.45, 7) is -0.522. The first-order valence-electron chi connectivity index (χ1n) is 9.37. The number of benzene rings is 2. The summed E-state index contributed by atoms with van der Waals surface area (Å²) in [5, 5.41) is 12.3. The van der Waals surface area contributed by atoms with Gasteiger partial charge in [0.25, 0.3) is 21.9 Å². The van der Waals surface area contributed by atoms with Gasteiger partial charge in [-0.25, -0.2) is 4.98 Å². The average Bonchev–Trinajstić information content (AvgIpc) is 3.28. The molecular formula is C21H17N3O6S2. The minimum Gasteiger partial charge on any atom is -0.395 e. The number of nitrogens with one attached hydrogen (secondary N) is 1. The molecule has 32 heavy (non-hydrogen) atoms. The molecule has 3 aromatic rings. The van der Waals surface area contributed by atoms with E-state index in [1.807, 2.05) is 24.3 Å². The number of para-hydroxylation sites is 1. The van der Waals surface area contributed by atoms with E-state index in [1.54, 1.807) is 6.08 Å². The van der Waals surface area contributed by atoms with Gasteiger partial charge in [0.2, 0.25) is 0 Å². The van der Waals surface area contributed by atoms with Crippen LogP contribution in [0.4, 0.5) is 5.69 Å². The van der Waals surface area contributed by atoms with E-state index in [4.69, 9.17) is 5.11 Å². The fraction of sp³-hybridized carbons (Fsp3) is 0.0952. The summed E-state index contributed by atoms with van der Waals surface area (Å²) in [7, 11) is -4.59. The van der Waals surface area contributed by atoms with Crippen molar-refractivity contribution in [1.29, 1.82) is 0 Å². The highest BCUT2D eigenvalue weighted by Crippen LogP contribution is 2.27. The highest BCUT2D eigenvalue weighted by Gasteiger charge is 2.30. The number of carbonyl (C=O) groups excluding carboxylic acids is 2. The van der Waals surface area contributed by atoms with Crippen LogP contribution < -0.4 is 5.32 Å². The SMILES string of the molecule is O=C1C=C(Nc2ccc(C=Cc3nc4ccccc4s3)c(S(=O)(=O)O)c2)C(=O)N1CCO. The summed E-state index contributed by atoms with van der Waals surface area (Å²) >= 11 is 1.44. The van der Waals surface area contributed by atoms with Crippen LogP contribution >= 0.6 is 11.3 Å². The maximum Gasteiger partial charge on any atom is 0.295 e. The van der Waals surface area contributed by atoms with Gasteiger partial charge in [0, 0.05) is 11.8 Å². The number of β-amino-alcohol motifs (C(OH)–C–C–N with tert-alkyl or cyclic N) is 1. The lowest BCUT2D eigenvalue weighted by Crippen LogP contribution is -2.34. The maximum atomic E-state index is 12.3.